The van der Waals surface area contributed by atoms with Gasteiger partial charge < -0.3 is 5.32 Å². The molecular weight excluding hydrogens is 659 g/mol. The first-order valence-corrected chi connectivity index (χ1v) is 15.3. The zero-order chi connectivity index (χ0) is 29.4. The number of hydrogen-bond acceptors (Lipinski definition) is 3. The van der Waals surface area contributed by atoms with E-state index in [0.29, 0.717) is 37.4 Å². The first-order valence-electron chi connectivity index (χ1n) is 13.4. The highest BCUT2D eigenvalue weighted by Gasteiger charge is 2.73. The molecule has 210 valence electrons. The number of imide groups is 1. The van der Waals surface area contributed by atoms with E-state index < -0.39 is 45.3 Å². The van der Waals surface area contributed by atoms with E-state index in [1.165, 1.54) is 0 Å². The van der Waals surface area contributed by atoms with Gasteiger partial charge in [0.25, 0.3) is 0 Å². The van der Waals surface area contributed by atoms with Crippen LogP contribution < -0.4 is 5.32 Å². The Bertz CT molecular complexity index is 1680. The molecule has 8 rings (SSSR count). The van der Waals surface area contributed by atoms with Gasteiger partial charge in [-0.1, -0.05) is 90.5 Å². The van der Waals surface area contributed by atoms with Gasteiger partial charge in [0.1, 0.15) is 15.8 Å². The molecule has 4 aromatic rings. The number of likely N-dealkylation sites (tertiary alicyclic amines) is 1. The molecule has 1 N–H and O–H groups in total. The second-order valence-corrected chi connectivity index (χ2v) is 13.3. The lowest BCUT2D eigenvalue weighted by Crippen LogP contribution is -2.57. The van der Waals surface area contributed by atoms with Gasteiger partial charge in [0.05, 0.1) is 16.9 Å². The number of carbonyl (C=O) groups excluding carboxylic acids is 3. The molecule has 3 amide bonds. The van der Waals surface area contributed by atoms with Crippen molar-refractivity contribution in [2.75, 3.05) is 5.32 Å². The van der Waals surface area contributed by atoms with Crippen LogP contribution in [0.1, 0.15) is 27.8 Å². The van der Waals surface area contributed by atoms with E-state index in [2.05, 4.69) is 21.2 Å². The molecule has 0 aromatic heterocycles. The predicted molar refractivity (Wildman–Crippen MR) is 167 cm³/mol. The molecule has 1 saturated heterocycles. The van der Waals surface area contributed by atoms with Gasteiger partial charge in [-0.05, 0) is 61.9 Å². The van der Waals surface area contributed by atoms with Crippen LogP contribution in [0.25, 0.3) is 0 Å². The Hall–Kier alpha value is -3.16. The molecule has 3 aliphatic carbocycles. The van der Waals surface area contributed by atoms with Crippen LogP contribution in [0, 0.1) is 11.8 Å². The number of rotatable bonds is 5. The first kappa shape index (κ1) is 27.7. The van der Waals surface area contributed by atoms with Crippen molar-refractivity contribution in [3.63, 3.8) is 0 Å². The van der Waals surface area contributed by atoms with Crippen LogP contribution in [0.4, 0.5) is 5.69 Å². The van der Waals surface area contributed by atoms with Gasteiger partial charge >= 0.3 is 0 Å². The van der Waals surface area contributed by atoms with E-state index >= 15 is 0 Å². The van der Waals surface area contributed by atoms with Crippen molar-refractivity contribution >= 4 is 74.1 Å². The van der Waals surface area contributed by atoms with E-state index in [4.69, 9.17) is 34.8 Å². The Labute approximate surface area is 265 Å². The summed E-state index contributed by atoms with van der Waals surface area (Å²) in [6.45, 7) is 0. The third-order valence-corrected chi connectivity index (χ3v) is 11.2. The van der Waals surface area contributed by atoms with Crippen LogP contribution in [0.15, 0.2) is 102 Å². The molecule has 9 heteroatoms. The van der Waals surface area contributed by atoms with Crippen LogP contribution in [-0.2, 0) is 30.6 Å². The molecule has 4 aromatic carbocycles. The number of anilines is 1. The smallest absolute Gasteiger partial charge is 0.248 e. The number of nitrogens with zero attached hydrogens (tertiary/aromatic N) is 1. The molecule has 1 heterocycles. The fraction of sp³-hybridized carbons (Fsp3) is 0.182. The van der Waals surface area contributed by atoms with Crippen LogP contribution in [0.5, 0.6) is 0 Å². The SMILES string of the molecule is O=C(Nc1ccc(Br)c(Cl)c1)[C@H](Cc1ccccc1)N1C(=O)[C@@H]2[C@H](C1=O)C1(Cl)c3ccccc3C2(Cl)c2ccccc21. The summed E-state index contributed by atoms with van der Waals surface area (Å²) in [6, 6.07) is 28.0. The summed E-state index contributed by atoms with van der Waals surface area (Å²) in [5.41, 5.74) is 4.05. The quantitative estimate of drug-likeness (QED) is 0.179. The van der Waals surface area contributed by atoms with Gasteiger partial charge in [-0.3, -0.25) is 19.3 Å². The fourth-order valence-electron chi connectivity index (χ4n) is 6.93. The predicted octanol–water partition coefficient (Wildman–Crippen LogP) is 7.25. The summed E-state index contributed by atoms with van der Waals surface area (Å²) in [6.07, 6.45) is 0.109. The van der Waals surface area contributed by atoms with E-state index in [0.717, 1.165) is 10.5 Å². The van der Waals surface area contributed by atoms with Gasteiger partial charge in [0.2, 0.25) is 17.7 Å². The topological polar surface area (TPSA) is 66.5 Å². The standard InChI is InChI=1S/C33H22BrCl3N2O3/c34-24-15-14-19(17-25(24)35)38-29(40)26(16-18-8-2-1-3-9-18)39-30(41)27-28(31(39)42)33(37)21-11-5-4-10-20(21)32(27,36)22-12-6-7-13-23(22)33/h1-15,17,26-28H,16H2,(H,38,40)/t26-,27-,28+,32?,33?/m0/s1. The van der Waals surface area contributed by atoms with Crippen molar-refractivity contribution in [2.45, 2.75) is 22.2 Å². The summed E-state index contributed by atoms with van der Waals surface area (Å²) < 4.78 is 0.673. The number of amides is 3. The van der Waals surface area contributed by atoms with Crippen LogP contribution in [-0.4, -0.2) is 28.7 Å². The highest BCUT2D eigenvalue weighted by Crippen LogP contribution is 2.69. The summed E-state index contributed by atoms with van der Waals surface area (Å²) in [7, 11) is 0. The fourth-order valence-corrected chi connectivity index (χ4v) is 8.46. The highest BCUT2D eigenvalue weighted by atomic mass is 79.9. The second kappa shape index (κ2) is 9.95. The van der Waals surface area contributed by atoms with Crippen LogP contribution in [0.2, 0.25) is 5.02 Å². The lowest BCUT2D eigenvalue weighted by Gasteiger charge is -2.54. The van der Waals surface area contributed by atoms with Gasteiger partial charge in [-0.25, -0.2) is 0 Å². The average molecular weight is 681 g/mol. The molecule has 0 saturated carbocycles. The molecule has 0 radical (unpaired) electrons. The summed E-state index contributed by atoms with van der Waals surface area (Å²) in [5, 5.41) is 3.27. The van der Waals surface area contributed by atoms with Crippen molar-refractivity contribution in [1.82, 2.24) is 4.90 Å². The third-order valence-electron chi connectivity index (χ3n) is 8.69. The molecule has 3 atom stereocenters. The molecule has 4 aliphatic rings. The minimum absolute atomic E-state index is 0.109. The van der Waals surface area contributed by atoms with Gasteiger partial charge in [0, 0.05) is 16.6 Å². The minimum Gasteiger partial charge on any atom is -0.324 e. The first-order chi connectivity index (χ1) is 20.2. The Morgan fingerprint density at radius 1 is 0.786 bits per heavy atom. The van der Waals surface area contributed by atoms with Gasteiger partial charge in [-0.15, -0.1) is 23.2 Å². The minimum atomic E-state index is -1.33. The van der Waals surface area contributed by atoms with Crippen molar-refractivity contribution in [3.8, 4) is 0 Å². The van der Waals surface area contributed by atoms with E-state index in [1.54, 1.807) is 18.2 Å². The molecule has 1 fully saturated rings. The molecular formula is C33H22BrCl3N2O3. The zero-order valence-corrected chi connectivity index (χ0v) is 25.7. The average Bonchev–Trinajstić information content (AvgIpc) is 3.27. The monoisotopic (exact) mass is 678 g/mol. The maximum Gasteiger partial charge on any atom is 0.248 e. The Balaban J connectivity index is 1.36. The molecule has 0 unspecified atom stereocenters. The summed E-state index contributed by atoms with van der Waals surface area (Å²) in [4.78, 5) is 41.5. The van der Waals surface area contributed by atoms with E-state index in [9.17, 15) is 14.4 Å². The molecule has 5 nitrogen and oxygen atoms in total. The number of alkyl halides is 2. The number of benzene rings is 4. The maximum atomic E-state index is 14.5. The van der Waals surface area contributed by atoms with Crippen molar-refractivity contribution in [3.05, 3.63) is 134 Å². The Kier molecular flexibility index (Phi) is 6.55. The van der Waals surface area contributed by atoms with Crippen LogP contribution >= 0.6 is 50.7 Å². The van der Waals surface area contributed by atoms with Gasteiger partial charge in [-0.2, -0.15) is 0 Å². The number of carbonyl (C=O) groups is 3. The molecule has 0 spiro atoms. The maximum absolute atomic E-state index is 14.5. The van der Waals surface area contributed by atoms with Crippen LogP contribution in [0.3, 0.4) is 0 Å². The normalized spacial score (nSPS) is 26.0. The molecule has 42 heavy (non-hydrogen) atoms. The zero-order valence-electron chi connectivity index (χ0n) is 21.9. The van der Waals surface area contributed by atoms with E-state index in [1.807, 2.05) is 78.9 Å². The van der Waals surface area contributed by atoms with E-state index in [-0.39, 0.29) is 6.42 Å². The third kappa shape index (κ3) is 3.78. The molecule has 1 aliphatic heterocycles. The summed E-state index contributed by atoms with van der Waals surface area (Å²) >= 11 is 24.8. The number of halogens is 4. The largest absolute Gasteiger partial charge is 0.324 e. The second-order valence-electron chi connectivity index (χ2n) is 10.8. The van der Waals surface area contributed by atoms with Crippen molar-refractivity contribution in [1.29, 1.82) is 0 Å². The Morgan fingerprint density at radius 2 is 1.26 bits per heavy atom. The van der Waals surface area contributed by atoms with Crippen molar-refractivity contribution in [2.24, 2.45) is 11.8 Å². The number of hydrogen-bond donors (Lipinski definition) is 1. The summed E-state index contributed by atoms with van der Waals surface area (Å²) in [5.74, 6) is -3.55. The van der Waals surface area contributed by atoms with Crippen molar-refractivity contribution < 1.29 is 14.4 Å². The van der Waals surface area contributed by atoms with Gasteiger partial charge in [0.15, 0.2) is 0 Å². The highest BCUT2D eigenvalue weighted by molar-refractivity contribution is 9.10. The lowest BCUT2D eigenvalue weighted by atomic mass is 9.54. The number of nitrogens with one attached hydrogen (secondary N) is 1. The Morgan fingerprint density at radius 3 is 1.74 bits per heavy atom. The lowest BCUT2D eigenvalue weighted by molar-refractivity contribution is -0.146. The molecule has 2 bridgehead atoms.